The molecule has 0 radical (unpaired) electrons. The zero-order chi connectivity index (χ0) is 21.1. The number of amides is 1. The van der Waals surface area contributed by atoms with E-state index in [9.17, 15) is 13.2 Å². The average molecular weight is 449 g/mol. The molecule has 158 valence electrons. The van der Waals surface area contributed by atoms with Crippen LogP contribution in [0.3, 0.4) is 0 Å². The Labute approximate surface area is 177 Å². The number of nitrogens with one attached hydrogen (secondary N) is 1. The minimum absolute atomic E-state index is 0.198. The predicted octanol–water partition coefficient (Wildman–Crippen LogP) is 2.36. The van der Waals surface area contributed by atoms with E-state index < -0.39 is 15.9 Å². The van der Waals surface area contributed by atoms with E-state index in [2.05, 4.69) is 15.3 Å². The molecule has 1 N–H and O–H groups in total. The maximum absolute atomic E-state index is 12.9. The van der Waals surface area contributed by atoms with Crippen LogP contribution in [0.1, 0.15) is 17.3 Å². The first-order valence-corrected chi connectivity index (χ1v) is 11.6. The number of hydrogen-bond acceptors (Lipinski definition) is 8. The Hall–Kier alpha value is -2.60. The highest BCUT2D eigenvalue weighted by atomic mass is 32.2. The molecule has 11 heteroatoms. The third-order valence-electron chi connectivity index (χ3n) is 4.49. The van der Waals surface area contributed by atoms with Crippen molar-refractivity contribution in [2.45, 2.75) is 11.8 Å². The third kappa shape index (κ3) is 4.15. The molecule has 3 aromatic rings. The van der Waals surface area contributed by atoms with Gasteiger partial charge < -0.3 is 9.47 Å². The van der Waals surface area contributed by atoms with E-state index in [1.54, 1.807) is 30.5 Å². The molecule has 9 nitrogen and oxygen atoms in total. The summed E-state index contributed by atoms with van der Waals surface area (Å²) in [5.74, 6) is -0.149. The molecule has 4 rings (SSSR count). The Bertz CT molecular complexity index is 1170. The molecular weight excluding hydrogens is 428 g/mol. The predicted molar refractivity (Wildman–Crippen MR) is 113 cm³/mol. The molecule has 0 saturated carbocycles. The van der Waals surface area contributed by atoms with Gasteiger partial charge in [-0.25, -0.2) is 18.4 Å². The van der Waals surface area contributed by atoms with Crippen molar-refractivity contribution in [2.24, 2.45) is 0 Å². The Morgan fingerprint density at radius 2 is 2.10 bits per heavy atom. The standard InChI is InChI=1S/C19H20N4O5S2/c1-2-28-18-14(4-3-7-20-18)17(24)22-19-21-15-6-5-13(12-16(15)29-19)30(25,26)23-8-10-27-11-9-23/h3-7,12H,2,8-11H2,1H3,(H,21,22,24). The van der Waals surface area contributed by atoms with E-state index in [-0.39, 0.29) is 10.8 Å². The van der Waals surface area contributed by atoms with Gasteiger partial charge in [0.25, 0.3) is 5.91 Å². The van der Waals surface area contributed by atoms with E-state index in [0.29, 0.717) is 53.8 Å². The van der Waals surface area contributed by atoms with E-state index in [0.717, 1.165) is 0 Å². The maximum atomic E-state index is 12.9. The van der Waals surface area contributed by atoms with Crippen LogP contribution in [-0.4, -0.2) is 61.5 Å². The van der Waals surface area contributed by atoms with E-state index in [1.807, 2.05) is 6.92 Å². The van der Waals surface area contributed by atoms with Crippen LogP contribution in [0.4, 0.5) is 5.13 Å². The summed E-state index contributed by atoms with van der Waals surface area (Å²) in [7, 11) is -3.60. The number of morpholine rings is 1. The lowest BCUT2D eigenvalue weighted by molar-refractivity contribution is 0.0730. The van der Waals surface area contributed by atoms with Gasteiger partial charge in [0.1, 0.15) is 5.56 Å². The second-order valence-corrected chi connectivity index (χ2v) is 9.38. The third-order valence-corrected chi connectivity index (χ3v) is 7.31. The minimum atomic E-state index is -3.60. The molecule has 0 unspecified atom stereocenters. The number of fused-ring (bicyclic) bond motifs is 1. The van der Waals surface area contributed by atoms with Crippen LogP contribution in [0.25, 0.3) is 10.2 Å². The number of carbonyl (C=O) groups excluding carboxylic acids is 1. The fraction of sp³-hybridized carbons (Fsp3) is 0.316. The van der Waals surface area contributed by atoms with Crippen molar-refractivity contribution in [1.82, 2.24) is 14.3 Å². The van der Waals surface area contributed by atoms with Crippen molar-refractivity contribution in [2.75, 3.05) is 38.2 Å². The van der Waals surface area contributed by atoms with Crippen molar-refractivity contribution < 1.29 is 22.7 Å². The van der Waals surface area contributed by atoms with Gasteiger partial charge in [-0.2, -0.15) is 4.31 Å². The van der Waals surface area contributed by atoms with Gasteiger partial charge in [0.05, 0.1) is 34.9 Å². The first kappa shape index (κ1) is 20.7. The topological polar surface area (TPSA) is 111 Å². The summed E-state index contributed by atoms with van der Waals surface area (Å²) in [4.78, 5) is 21.3. The number of nitrogens with zero attached hydrogens (tertiary/aromatic N) is 3. The molecule has 0 bridgehead atoms. The second kappa shape index (κ2) is 8.64. The lowest BCUT2D eigenvalue weighted by atomic mass is 10.2. The number of ether oxygens (including phenoxy) is 2. The molecule has 0 spiro atoms. The smallest absolute Gasteiger partial charge is 0.262 e. The van der Waals surface area contributed by atoms with Gasteiger partial charge in [-0.15, -0.1) is 0 Å². The molecule has 2 aromatic heterocycles. The van der Waals surface area contributed by atoms with Crippen molar-refractivity contribution in [3.63, 3.8) is 0 Å². The largest absolute Gasteiger partial charge is 0.477 e. The number of carbonyl (C=O) groups is 1. The summed E-state index contributed by atoms with van der Waals surface area (Å²) >= 11 is 1.20. The minimum Gasteiger partial charge on any atom is -0.477 e. The van der Waals surface area contributed by atoms with Gasteiger partial charge in [-0.1, -0.05) is 11.3 Å². The van der Waals surface area contributed by atoms with E-state index >= 15 is 0 Å². The molecule has 1 amide bonds. The van der Waals surface area contributed by atoms with Crippen LogP contribution in [0.2, 0.25) is 0 Å². The molecule has 3 heterocycles. The number of benzene rings is 1. The molecule has 1 aliphatic rings. The van der Waals surface area contributed by atoms with Gasteiger partial charge in [0.2, 0.25) is 15.9 Å². The van der Waals surface area contributed by atoms with Crippen molar-refractivity contribution >= 4 is 42.6 Å². The lowest BCUT2D eigenvalue weighted by Gasteiger charge is -2.25. The quantitative estimate of drug-likeness (QED) is 0.616. The highest BCUT2D eigenvalue weighted by Crippen LogP contribution is 2.30. The van der Waals surface area contributed by atoms with Crippen molar-refractivity contribution in [3.05, 3.63) is 42.1 Å². The first-order chi connectivity index (χ1) is 14.5. The van der Waals surface area contributed by atoms with Crippen LogP contribution < -0.4 is 10.1 Å². The zero-order valence-electron chi connectivity index (χ0n) is 16.2. The molecule has 1 saturated heterocycles. The summed E-state index contributed by atoms with van der Waals surface area (Å²) in [6, 6.07) is 8.03. The highest BCUT2D eigenvalue weighted by molar-refractivity contribution is 7.89. The fourth-order valence-corrected chi connectivity index (χ4v) is 5.44. The number of aromatic nitrogens is 2. The van der Waals surface area contributed by atoms with Crippen LogP contribution in [-0.2, 0) is 14.8 Å². The Morgan fingerprint density at radius 3 is 2.87 bits per heavy atom. The molecule has 1 aromatic carbocycles. The molecule has 30 heavy (non-hydrogen) atoms. The van der Waals surface area contributed by atoms with Gasteiger partial charge in [-0.3, -0.25) is 10.1 Å². The van der Waals surface area contributed by atoms with Gasteiger partial charge >= 0.3 is 0 Å². The van der Waals surface area contributed by atoms with Gasteiger partial charge in [0, 0.05) is 19.3 Å². The van der Waals surface area contributed by atoms with Crippen LogP contribution in [0.15, 0.2) is 41.4 Å². The lowest BCUT2D eigenvalue weighted by Crippen LogP contribution is -2.40. The van der Waals surface area contributed by atoms with Crippen LogP contribution in [0.5, 0.6) is 5.88 Å². The zero-order valence-corrected chi connectivity index (χ0v) is 17.8. The summed E-state index contributed by atoms with van der Waals surface area (Å²) < 4.78 is 38.4. The summed E-state index contributed by atoms with van der Waals surface area (Å²) in [5.41, 5.74) is 0.904. The Balaban J connectivity index is 1.58. The van der Waals surface area contributed by atoms with Crippen LogP contribution >= 0.6 is 11.3 Å². The van der Waals surface area contributed by atoms with Gasteiger partial charge in [0.15, 0.2) is 5.13 Å². The number of anilines is 1. The number of rotatable bonds is 6. The van der Waals surface area contributed by atoms with E-state index in [4.69, 9.17) is 9.47 Å². The average Bonchev–Trinajstić information content (AvgIpc) is 3.16. The summed E-state index contributed by atoms with van der Waals surface area (Å²) in [5, 5.41) is 3.10. The fourth-order valence-electron chi connectivity index (χ4n) is 3.03. The SMILES string of the molecule is CCOc1ncccc1C(=O)Nc1nc2ccc(S(=O)(=O)N3CCOCC3)cc2s1. The summed E-state index contributed by atoms with van der Waals surface area (Å²) in [6.07, 6.45) is 1.55. The van der Waals surface area contributed by atoms with Crippen LogP contribution in [0, 0.1) is 0 Å². The molecule has 1 fully saturated rings. The normalized spacial score (nSPS) is 15.2. The molecular formula is C19H20N4O5S2. The summed E-state index contributed by atoms with van der Waals surface area (Å²) in [6.45, 7) is 3.63. The second-order valence-electron chi connectivity index (χ2n) is 6.41. The first-order valence-electron chi connectivity index (χ1n) is 9.36. The number of sulfonamides is 1. The Morgan fingerprint density at radius 1 is 1.30 bits per heavy atom. The highest BCUT2D eigenvalue weighted by Gasteiger charge is 2.27. The molecule has 0 atom stereocenters. The number of thiazole rings is 1. The molecule has 1 aliphatic heterocycles. The monoisotopic (exact) mass is 448 g/mol. The number of pyridine rings is 1. The number of hydrogen-bond donors (Lipinski definition) is 1. The van der Waals surface area contributed by atoms with Crippen molar-refractivity contribution in [3.8, 4) is 5.88 Å². The van der Waals surface area contributed by atoms with E-state index in [1.165, 1.54) is 21.7 Å². The van der Waals surface area contributed by atoms with Gasteiger partial charge in [-0.05, 0) is 37.3 Å². The Kier molecular flexibility index (Phi) is 5.95. The maximum Gasteiger partial charge on any atom is 0.262 e. The molecule has 0 aliphatic carbocycles. The van der Waals surface area contributed by atoms with Crippen molar-refractivity contribution in [1.29, 1.82) is 0 Å².